The van der Waals surface area contributed by atoms with E-state index in [-0.39, 0.29) is 27.7 Å². The van der Waals surface area contributed by atoms with Crippen LogP contribution in [0.25, 0.3) is 0 Å². The van der Waals surface area contributed by atoms with E-state index in [4.69, 9.17) is 0 Å². The Labute approximate surface area is 147 Å². The van der Waals surface area contributed by atoms with Gasteiger partial charge < -0.3 is 5.32 Å². The van der Waals surface area contributed by atoms with Gasteiger partial charge in [-0.1, -0.05) is 12.1 Å². The molecule has 25 heavy (non-hydrogen) atoms. The van der Waals surface area contributed by atoms with E-state index in [1.807, 2.05) is 0 Å². The molecule has 0 radical (unpaired) electrons. The maximum Gasteiger partial charge on any atom is 0.274 e. The molecule has 8 heteroatoms. The molecular weight excluding hydrogens is 347 g/mol. The Hall–Kier alpha value is -2.74. The molecule has 0 fully saturated rings. The summed E-state index contributed by atoms with van der Waals surface area (Å²) < 4.78 is 13.9. The molecule has 2 aromatic carbocycles. The van der Waals surface area contributed by atoms with E-state index in [1.54, 1.807) is 19.1 Å². The van der Waals surface area contributed by atoms with E-state index in [1.165, 1.54) is 25.1 Å². The molecule has 1 N–H and O–H groups in total. The van der Waals surface area contributed by atoms with Crippen molar-refractivity contribution in [2.75, 3.05) is 11.1 Å². The first kappa shape index (κ1) is 18.6. The van der Waals surface area contributed by atoms with Crippen molar-refractivity contribution in [3.05, 3.63) is 63.5 Å². The van der Waals surface area contributed by atoms with Crippen molar-refractivity contribution < 1.29 is 18.9 Å². The fourth-order valence-corrected chi connectivity index (χ4v) is 2.78. The van der Waals surface area contributed by atoms with Crippen LogP contribution in [-0.4, -0.2) is 22.4 Å². The van der Waals surface area contributed by atoms with E-state index < -0.39 is 16.6 Å². The van der Waals surface area contributed by atoms with Crippen molar-refractivity contribution in [2.45, 2.75) is 18.7 Å². The molecule has 0 aliphatic heterocycles. The van der Waals surface area contributed by atoms with Gasteiger partial charge in [-0.05, 0) is 32.0 Å². The predicted octanol–water partition coefficient (Wildman–Crippen LogP) is 3.98. The van der Waals surface area contributed by atoms with Gasteiger partial charge in [-0.15, -0.1) is 11.8 Å². The molecule has 130 valence electrons. The lowest BCUT2D eigenvalue weighted by Crippen LogP contribution is -2.14. The number of hydrogen-bond acceptors (Lipinski definition) is 5. The van der Waals surface area contributed by atoms with E-state index in [0.717, 1.165) is 17.8 Å². The second kappa shape index (κ2) is 7.89. The number of ketones is 1. The Morgan fingerprint density at radius 3 is 2.56 bits per heavy atom. The van der Waals surface area contributed by atoms with E-state index in [9.17, 15) is 24.1 Å². The van der Waals surface area contributed by atoms with Crippen molar-refractivity contribution in [2.24, 2.45) is 0 Å². The van der Waals surface area contributed by atoms with Crippen molar-refractivity contribution in [3.63, 3.8) is 0 Å². The number of benzene rings is 2. The van der Waals surface area contributed by atoms with Crippen LogP contribution in [0.2, 0.25) is 0 Å². The standard InChI is InChI=1S/C17H15FN2O4S/c1-10-3-5-13(8-15(10)20(23)24)19-17(22)9-25-16-6-4-12(11(2)21)7-14(16)18/h3-8H,9H2,1-2H3,(H,19,22). The van der Waals surface area contributed by atoms with Crippen molar-refractivity contribution in [1.29, 1.82) is 0 Å². The molecule has 0 heterocycles. The summed E-state index contributed by atoms with van der Waals surface area (Å²) in [4.78, 5) is 33.8. The van der Waals surface area contributed by atoms with E-state index >= 15 is 0 Å². The average molecular weight is 362 g/mol. The van der Waals surface area contributed by atoms with Gasteiger partial charge >= 0.3 is 0 Å². The predicted molar refractivity (Wildman–Crippen MR) is 93.6 cm³/mol. The Balaban J connectivity index is 2.01. The first-order valence-corrected chi connectivity index (χ1v) is 8.24. The molecule has 1 amide bonds. The number of rotatable bonds is 6. The highest BCUT2D eigenvalue weighted by atomic mass is 32.2. The van der Waals surface area contributed by atoms with Gasteiger partial charge in [0.1, 0.15) is 5.82 Å². The fraction of sp³-hybridized carbons (Fsp3) is 0.176. The number of halogens is 1. The number of nitrogens with zero attached hydrogens (tertiary/aromatic N) is 1. The molecule has 0 aliphatic rings. The summed E-state index contributed by atoms with van der Waals surface area (Å²) in [5.41, 5.74) is 0.967. The molecule has 0 saturated heterocycles. The van der Waals surface area contributed by atoms with Crippen LogP contribution >= 0.6 is 11.8 Å². The van der Waals surface area contributed by atoms with Gasteiger partial charge in [-0.2, -0.15) is 0 Å². The van der Waals surface area contributed by atoms with E-state index in [0.29, 0.717) is 11.3 Å². The maximum atomic E-state index is 13.9. The number of carbonyl (C=O) groups is 2. The molecule has 0 aromatic heterocycles. The summed E-state index contributed by atoms with van der Waals surface area (Å²) in [5.74, 6) is -1.30. The van der Waals surface area contributed by atoms with Crippen LogP contribution in [0, 0.1) is 22.9 Å². The molecule has 0 aliphatic carbocycles. The first-order valence-electron chi connectivity index (χ1n) is 7.26. The molecule has 0 saturated carbocycles. The third kappa shape index (κ3) is 4.87. The first-order chi connectivity index (χ1) is 11.8. The number of hydrogen-bond donors (Lipinski definition) is 1. The molecular formula is C17H15FN2O4S. The minimum absolute atomic E-state index is 0.0714. The normalized spacial score (nSPS) is 10.4. The zero-order chi connectivity index (χ0) is 18.6. The van der Waals surface area contributed by atoms with Gasteiger partial charge in [0.25, 0.3) is 5.69 Å². The van der Waals surface area contributed by atoms with Gasteiger partial charge in [0, 0.05) is 27.8 Å². The summed E-state index contributed by atoms with van der Waals surface area (Å²) in [6, 6.07) is 8.45. The number of thioether (sulfide) groups is 1. The van der Waals surface area contributed by atoms with Crippen LogP contribution in [0.5, 0.6) is 0 Å². The van der Waals surface area contributed by atoms with Crippen LogP contribution in [0.15, 0.2) is 41.3 Å². The van der Waals surface area contributed by atoms with Crippen LogP contribution in [0.4, 0.5) is 15.8 Å². The summed E-state index contributed by atoms with van der Waals surface area (Å²) in [6.07, 6.45) is 0. The fourth-order valence-electron chi connectivity index (χ4n) is 2.06. The van der Waals surface area contributed by atoms with E-state index in [2.05, 4.69) is 5.32 Å². The van der Waals surface area contributed by atoms with Crippen LogP contribution in [-0.2, 0) is 4.79 Å². The lowest BCUT2D eigenvalue weighted by molar-refractivity contribution is -0.385. The third-order valence-electron chi connectivity index (χ3n) is 3.39. The zero-order valence-corrected chi connectivity index (χ0v) is 14.4. The maximum absolute atomic E-state index is 13.9. The lowest BCUT2D eigenvalue weighted by Gasteiger charge is -2.07. The summed E-state index contributed by atoms with van der Waals surface area (Å²) in [7, 11) is 0. The van der Waals surface area contributed by atoms with Gasteiger partial charge in [0.2, 0.25) is 5.91 Å². The van der Waals surface area contributed by atoms with Crippen LogP contribution in [0.1, 0.15) is 22.8 Å². The molecule has 0 spiro atoms. The molecule has 6 nitrogen and oxygen atoms in total. The van der Waals surface area contributed by atoms with Gasteiger partial charge in [0.05, 0.1) is 10.7 Å². The quantitative estimate of drug-likeness (QED) is 0.363. The summed E-state index contributed by atoms with van der Waals surface area (Å²) >= 11 is 0.976. The SMILES string of the molecule is CC(=O)c1ccc(SCC(=O)Nc2ccc(C)c([N+](=O)[O-])c2)c(F)c1. The van der Waals surface area contributed by atoms with Gasteiger partial charge in [0.15, 0.2) is 5.78 Å². The van der Waals surface area contributed by atoms with Crippen LogP contribution in [0.3, 0.4) is 0 Å². The number of nitro groups is 1. The van der Waals surface area contributed by atoms with Crippen LogP contribution < -0.4 is 5.32 Å². The summed E-state index contributed by atoms with van der Waals surface area (Å²) in [5, 5.41) is 13.4. The number of anilines is 1. The minimum Gasteiger partial charge on any atom is -0.325 e. The van der Waals surface area contributed by atoms with Crippen molar-refractivity contribution in [1.82, 2.24) is 0 Å². The van der Waals surface area contributed by atoms with Gasteiger partial charge in [-0.25, -0.2) is 4.39 Å². The largest absolute Gasteiger partial charge is 0.325 e. The molecule has 0 bridgehead atoms. The Morgan fingerprint density at radius 2 is 1.96 bits per heavy atom. The number of Topliss-reactive ketones (excluding diaryl/α,β-unsaturated/α-hetero) is 1. The number of nitro benzene ring substituents is 1. The second-order valence-electron chi connectivity index (χ2n) is 5.30. The highest BCUT2D eigenvalue weighted by Gasteiger charge is 2.13. The topological polar surface area (TPSA) is 89.3 Å². The highest BCUT2D eigenvalue weighted by Crippen LogP contribution is 2.25. The number of nitrogens with one attached hydrogen (secondary N) is 1. The lowest BCUT2D eigenvalue weighted by atomic mass is 10.1. The Kier molecular flexibility index (Phi) is 5.87. The number of carbonyl (C=O) groups excluding carboxylic acids is 2. The highest BCUT2D eigenvalue weighted by molar-refractivity contribution is 8.00. The number of aryl methyl sites for hydroxylation is 1. The molecule has 2 aromatic rings. The molecule has 0 unspecified atom stereocenters. The van der Waals surface area contributed by atoms with Gasteiger partial charge in [-0.3, -0.25) is 19.7 Å². The zero-order valence-electron chi connectivity index (χ0n) is 13.5. The monoisotopic (exact) mass is 362 g/mol. The Bertz CT molecular complexity index is 855. The summed E-state index contributed by atoms with van der Waals surface area (Å²) in [6.45, 7) is 2.95. The molecule has 2 rings (SSSR count). The average Bonchev–Trinajstić information content (AvgIpc) is 2.55. The van der Waals surface area contributed by atoms with Crippen molar-refractivity contribution in [3.8, 4) is 0 Å². The minimum atomic E-state index is -0.573. The Morgan fingerprint density at radius 1 is 1.24 bits per heavy atom. The molecule has 0 atom stereocenters. The van der Waals surface area contributed by atoms with Crippen molar-refractivity contribution >= 4 is 34.8 Å². The third-order valence-corrected chi connectivity index (χ3v) is 4.44. The smallest absolute Gasteiger partial charge is 0.274 e. The number of amides is 1. The second-order valence-corrected chi connectivity index (χ2v) is 6.31.